The van der Waals surface area contributed by atoms with E-state index in [0.29, 0.717) is 0 Å². The fourth-order valence-electron chi connectivity index (χ4n) is 4.17. The fraction of sp³-hybridized carbons (Fsp3) is 0.393. The van der Waals surface area contributed by atoms with Gasteiger partial charge in [-0.15, -0.1) is 0 Å². The van der Waals surface area contributed by atoms with E-state index in [4.69, 9.17) is 0 Å². The minimum absolute atomic E-state index is 0.0222. The van der Waals surface area contributed by atoms with E-state index in [1.54, 1.807) is 6.08 Å². The number of hydrogen-bond acceptors (Lipinski definition) is 1. The molecule has 2 heteroatoms. The Morgan fingerprint density at radius 1 is 0.900 bits per heavy atom. The van der Waals surface area contributed by atoms with Crippen LogP contribution in [0.25, 0.3) is 5.57 Å². The highest BCUT2D eigenvalue weighted by Gasteiger charge is 2.17. The van der Waals surface area contributed by atoms with Crippen molar-refractivity contribution < 1.29 is 4.79 Å². The molecule has 0 spiro atoms. The molecule has 0 radical (unpaired) electrons. The summed E-state index contributed by atoms with van der Waals surface area (Å²) in [6.07, 6.45) is 14.1. The lowest BCUT2D eigenvalue weighted by Gasteiger charge is -2.22. The van der Waals surface area contributed by atoms with Crippen LogP contribution in [-0.2, 0) is 17.6 Å². The summed E-state index contributed by atoms with van der Waals surface area (Å²) in [5, 5.41) is 3.05. The largest absolute Gasteiger partial charge is 0.353 e. The Kier molecular flexibility index (Phi) is 8.96. The van der Waals surface area contributed by atoms with Gasteiger partial charge in [0.15, 0.2) is 0 Å². The number of carbonyl (C=O) groups is 1. The number of allylic oxidation sites excluding steroid dienone is 3. The van der Waals surface area contributed by atoms with Crippen LogP contribution in [0.3, 0.4) is 0 Å². The summed E-state index contributed by atoms with van der Waals surface area (Å²) in [5.41, 5.74) is 6.69. The second-order valence-electron chi connectivity index (χ2n) is 8.22. The van der Waals surface area contributed by atoms with Crippen LogP contribution in [0.1, 0.15) is 68.6 Å². The van der Waals surface area contributed by atoms with Gasteiger partial charge in [0.05, 0.1) is 0 Å². The summed E-state index contributed by atoms with van der Waals surface area (Å²) in [5.74, 6) is 0.0222. The summed E-state index contributed by atoms with van der Waals surface area (Å²) in [4.78, 5) is 12.3. The average molecular weight is 402 g/mol. The number of carbonyl (C=O) groups excluding carboxylic acids is 1. The Morgan fingerprint density at radius 2 is 1.63 bits per heavy atom. The average Bonchev–Trinajstić information content (AvgIpc) is 2.78. The first-order chi connectivity index (χ1) is 14.8. The molecule has 2 aromatic carbocycles. The van der Waals surface area contributed by atoms with Crippen molar-refractivity contribution in [3.8, 4) is 0 Å². The van der Waals surface area contributed by atoms with Crippen LogP contribution < -0.4 is 5.32 Å². The third kappa shape index (κ3) is 6.73. The number of fused-ring (bicyclic) bond motifs is 1. The summed E-state index contributed by atoms with van der Waals surface area (Å²) >= 11 is 0. The van der Waals surface area contributed by atoms with Crippen molar-refractivity contribution in [3.63, 3.8) is 0 Å². The molecule has 30 heavy (non-hydrogen) atoms. The summed E-state index contributed by atoms with van der Waals surface area (Å²) in [6, 6.07) is 19.3. The topological polar surface area (TPSA) is 29.1 Å². The molecule has 2 nitrogen and oxygen atoms in total. The van der Waals surface area contributed by atoms with Gasteiger partial charge in [-0.2, -0.15) is 0 Å². The summed E-state index contributed by atoms with van der Waals surface area (Å²) < 4.78 is 0. The molecular weight excluding hydrogens is 366 g/mol. The van der Waals surface area contributed by atoms with Crippen molar-refractivity contribution >= 4 is 11.5 Å². The molecule has 0 aliphatic heterocycles. The van der Waals surface area contributed by atoms with Gasteiger partial charge in [-0.3, -0.25) is 4.79 Å². The van der Waals surface area contributed by atoms with Crippen molar-refractivity contribution in [2.45, 2.75) is 64.7 Å². The molecule has 0 atom stereocenters. The van der Waals surface area contributed by atoms with Gasteiger partial charge in [-0.1, -0.05) is 99.7 Å². The molecule has 0 fully saturated rings. The monoisotopic (exact) mass is 401 g/mol. The zero-order valence-corrected chi connectivity index (χ0v) is 18.3. The molecule has 0 aromatic heterocycles. The number of hydrogen-bond donors (Lipinski definition) is 1. The molecule has 1 aliphatic rings. The van der Waals surface area contributed by atoms with Gasteiger partial charge < -0.3 is 5.32 Å². The summed E-state index contributed by atoms with van der Waals surface area (Å²) in [7, 11) is 0. The van der Waals surface area contributed by atoms with Crippen molar-refractivity contribution in [1.82, 2.24) is 5.32 Å². The molecule has 0 unspecified atom stereocenters. The van der Waals surface area contributed by atoms with Gasteiger partial charge in [0.2, 0.25) is 5.91 Å². The third-order valence-corrected chi connectivity index (χ3v) is 5.88. The minimum Gasteiger partial charge on any atom is -0.353 e. The highest BCUT2D eigenvalue weighted by atomic mass is 16.1. The molecular formula is C28H35NO. The number of nitrogens with one attached hydrogen (secondary N) is 1. The van der Waals surface area contributed by atoms with Gasteiger partial charge in [0.1, 0.15) is 0 Å². The Balaban J connectivity index is 1.63. The maximum Gasteiger partial charge on any atom is 0.243 e. The van der Waals surface area contributed by atoms with E-state index in [1.807, 2.05) is 6.08 Å². The Labute approximate surface area is 182 Å². The fourth-order valence-corrected chi connectivity index (χ4v) is 4.17. The standard InChI is InChI=1S/C28H35NO/c1-2-3-4-5-6-12-21-29-28(30)20-19-25-18-17-24-15-10-11-16-26(24)27(25)22-23-13-8-7-9-14-23/h7-11,13-16,19-20H,2-6,12,17-18,21-22H2,1H3,(H,29,30). The molecule has 1 amide bonds. The molecule has 0 heterocycles. The van der Waals surface area contributed by atoms with E-state index in [9.17, 15) is 4.79 Å². The lowest BCUT2D eigenvalue weighted by molar-refractivity contribution is -0.116. The van der Waals surface area contributed by atoms with Crippen molar-refractivity contribution in [1.29, 1.82) is 0 Å². The maximum atomic E-state index is 12.3. The van der Waals surface area contributed by atoms with Crippen LogP contribution in [0.15, 0.2) is 72.3 Å². The summed E-state index contributed by atoms with van der Waals surface area (Å²) in [6.45, 7) is 3.01. The zero-order chi connectivity index (χ0) is 21.0. The molecule has 1 aliphatic carbocycles. The quantitative estimate of drug-likeness (QED) is 0.331. The van der Waals surface area contributed by atoms with Crippen molar-refractivity contribution in [3.05, 3.63) is 89.0 Å². The van der Waals surface area contributed by atoms with Gasteiger partial charge in [0.25, 0.3) is 0 Å². The first kappa shape index (κ1) is 22.1. The van der Waals surface area contributed by atoms with Gasteiger partial charge >= 0.3 is 0 Å². The zero-order valence-electron chi connectivity index (χ0n) is 18.3. The molecule has 0 bridgehead atoms. The predicted octanol–water partition coefficient (Wildman–Crippen LogP) is 6.66. The number of aryl methyl sites for hydroxylation is 1. The number of amides is 1. The van der Waals surface area contributed by atoms with E-state index in [-0.39, 0.29) is 5.91 Å². The van der Waals surface area contributed by atoms with Crippen molar-refractivity contribution in [2.24, 2.45) is 0 Å². The Bertz CT molecular complexity index is 863. The number of rotatable bonds is 11. The molecule has 3 rings (SSSR count). The number of unbranched alkanes of at least 4 members (excludes halogenated alkanes) is 5. The SMILES string of the molecule is CCCCCCCCNC(=O)C=CC1=C(Cc2ccccc2)c2ccccc2CC1. The van der Waals surface area contributed by atoms with E-state index in [2.05, 4.69) is 66.8 Å². The Hall–Kier alpha value is -2.61. The molecule has 1 N–H and O–H groups in total. The van der Waals surface area contributed by atoms with Crippen LogP contribution in [0.4, 0.5) is 0 Å². The molecule has 158 valence electrons. The first-order valence-corrected chi connectivity index (χ1v) is 11.6. The van der Waals surface area contributed by atoms with E-state index in [1.165, 1.54) is 59.9 Å². The van der Waals surface area contributed by atoms with E-state index < -0.39 is 0 Å². The normalized spacial score (nSPS) is 13.5. The van der Waals surface area contributed by atoms with Gasteiger partial charge in [-0.25, -0.2) is 0 Å². The van der Waals surface area contributed by atoms with Crippen molar-refractivity contribution in [2.75, 3.05) is 6.54 Å². The second kappa shape index (κ2) is 12.2. The van der Waals surface area contributed by atoms with Crippen LogP contribution in [0.2, 0.25) is 0 Å². The lowest BCUT2D eigenvalue weighted by atomic mass is 9.82. The van der Waals surface area contributed by atoms with Crippen LogP contribution in [0, 0.1) is 0 Å². The highest BCUT2D eigenvalue weighted by molar-refractivity contribution is 5.89. The predicted molar refractivity (Wildman–Crippen MR) is 127 cm³/mol. The van der Waals surface area contributed by atoms with E-state index in [0.717, 1.165) is 32.2 Å². The first-order valence-electron chi connectivity index (χ1n) is 11.6. The van der Waals surface area contributed by atoms with E-state index >= 15 is 0 Å². The maximum absolute atomic E-state index is 12.3. The van der Waals surface area contributed by atoms with Crippen LogP contribution in [-0.4, -0.2) is 12.5 Å². The lowest BCUT2D eigenvalue weighted by Crippen LogP contribution is -2.22. The van der Waals surface area contributed by atoms with Crippen LogP contribution in [0.5, 0.6) is 0 Å². The smallest absolute Gasteiger partial charge is 0.243 e. The van der Waals surface area contributed by atoms with Gasteiger partial charge in [-0.05, 0) is 53.5 Å². The number of benzene rings is 2. The molecule has 2 aromatic rings. The molecule has 0 saturated carbocycles. The van der Waals surface area contributed by atoms with Gasteiger partial charge in [0, 0.05) is 12.6 Å². The highest BCUT2D eigenvalue weighted by Crippen LogP contribution is 2.34. The Morgan fingerprint density at radius 3 is 2.47 bits per heavy atom. The minimum atomic E-state index is 0.0222. The molecule has 0 saturated heterocycles. The van der Waals surface area contributed by atoms with Crippen LogP contribution >= 0.6 is 0 Å². The third-order valence-electron chi connectivity index (χ3n) is 5.88. The second-order valence-corrected chi connectivity index (χ2v) is 8.22.